The number of hydrogen-bond acceptors (Lipinski definition) is 4. The lowest BCUT2D eigenvalue weighted by Crippen LogP contribution is -2.37. The molecule has 1 rings (SSSR count). The minimum absolute atomic E-state index is 0. The van der Waals surface area contributed by atoms with Crippen molar-refractivity contribution in [1.82, 2.24) is 10.2 Å². The fourth-order valence-corrected chi connectivity index (χ4v) is 2.55. The Labute approximate surface area is 147 Å². The zero-order chi connectivity index (χ0) is 14.6. The number of halogens is 2. The van der Waals surface area contributed by atoms with E-state index in [1.807, 2.05) is 0 Å². The first kappa shape index (κ1) is 24.2. The maximum Gasteiger partial charge on any atom is 0.219 e. The molecule has 5 nitrogen and oxygen atoms in total. The molecule has 1 aliphatic heterocycles. The highest BCUT2D eigenvalue weighted by Gasteiger charge is 2.15. The predicted octanol–water partition coefficient (Wildman–Crippen LogP) is 1.70. The normalized spacial score (nSPS) is 15.7. The van der Waals surface area contributed by atoms with Gasteiger partial charge in [0.2, 0.25) is 5.91 Å². The Bertz CT molecular complexity index is 263. The third kappa shape index (κ3) is 12.5. The molecule has 4 N–H and O–H groups in total. The van der Waals surface area contributed by atoms with Gasteiger partial charge in [-0.3, -0.25) is 4.79 Å². The molecule has 0 saturated carbocycles. The van der Waals surface area contributed by atoms with Gasteiger partial charge in [-0.1, -0.05) is 12.8 Å². The second kappa shape index (κ2) is 15.8. The number of rotatable bonds is 10. The number of carbonyl (C=O) groups is 1. The van der Waals surface area contributed by atoms with Crippen LogP contribution in [-0.2, 0) is 4.79 Å². The van der Waals surface area contributed by atoms with Crippen LogP contribution in [0.3, 0.4) is 0 Å². The number of piperidine rings is 1. The summed E-state index contributed by atoms with van der Waals surface area (Å²) in [6, 6.07) is 0. The minimum Gasteiger partial charge on any atom is -0.393 e. The second-order valence-corrected chi connectivity index (χ2v) is 5.73. The SMILES string of the molecule is Cl.Cl.NCCCCCCC(=O)NCCCN1CCC(O)CC1. The topological polar surface area (TPSA) is 78.6 Å². The minimum atomic E-state index is -0.106. The van der Waals surface area contributed by atoms with Crippen molar-refractivity contribution in [2.45, 2.75) is 57.5 Å². The average Bonchev–Trinajstić information content (AvgIpc) is 2.45. The fourth-order valence-electron chi connectivity index (χ4n) is 2.55. The number of unbranched alkanes of at least 4 members (excludes halogenated alkanes) is 3. The standard InChI is InChI=1S/C15H31N3O2.2ClH/c16-9-4-2-1-3-6-15(20)17-10-5-11-18-12-7-14(19)8-13-18;;/h14,19H,1-13,16H2,(H,17,20);2*1H. The summed E-state index contributed by atoms with van der Waals surface area (Å²) in [7, 11) is 0. The van der Waals surface area contributed by atoms with Crippen LogP contribution in [0.25, 0.3) is 0 Å². The summed E-state index contributed by atoms with van der Waals surface area (Å²) >= 11 is 0. The number of aliphatic hydroxyl groups is 1. The lowest BCUT2D eigenvalue weighted by Gasteiger charge is -2.29. The van der Waals surface area contributed by atoms with Crippen molar-refractivity contribution in [2.24, 2.45) is 5.73 Å². The molecule has 134 valence electrons. The molecule has 0 aromatic heterocycles. The molecule has 7 heteroatoms. The number of amides is 1. The van der Waals surface area contributed by atoms with Gasteiger partial charge < -0.3 is 21.1 Å². The molecule has 0 aliphatic carbocycles. The first-order valence-corrected chi connectivity index (χ1v) is 8.09. The molecule has 22 heavy (non-hydrogen) atoms. The highest BCUT2D eigenvalue weighted by molar-refractivity contribution is 5.85. The highest BCUT2D eigenvalue weighted by Crippen LogP contribution is 2.09. The molecule has 0 aromatic rings. The van der Waals surface area contributed by atoms with Gasteiger partial charge in [-0.25, -0.2) is 0 Å². The van der Waals surface area contributed by atoms with E-state index < -0.39 is 0 Å². The summed E-state index contributed by atoms with van der Waals surface area (Å²) in [5.41, 5.74) is 5.42. The third-order valence-corrected chi connectivity index (χ3v) is 3.89. The van der Waals surface area contributed by atoms with E-state index in [4.69, 9.17) is 5.73 Å². The van der Waals surface area contributed by atoms with Crippen molar-refractivity contribution >= 4 is 30.7 Å². The van der Waals surface area contributed by atoms with Gasteiger partial charge in [-0.15, -0.1) is 24.8 Å². The third-order valence-electron chi connectivity index (χ3n) is 3.89. The van der Waals surface area contributed by atoms with Gasteiger partial charge in [-0.05, 0) is 45.2 Å². The van der Waals surface area contributed by atoms with Crippen LogP contribution in [0.15, 0.2) is 0 Å². The molecule has 1 fully saturated rings. The van der Waals surface area contributed by atoms with Crippen LogP contribution in [0.1, 0.15) is 51.4 Å². The Morgan fingerprint density at radius 3 is 2.36 bits per heavy atom. The van der Waals surface area contributed by atoms with Crippen molar-refractivity contribution in [2.75, 3.05) is 32.7 Å². The van der Waals surface area contributed by atoms with Gasteiger partial charge >= 0.3 is 0 Å². The van der Waals surface area contributed by atoms with E-state index in [9.17, 15) is 9.90 Å². The van der Waals surface area contributed by atoms with Gasteiger partial charge in [0, 0.05) is 26.1 Å². The summed E-state index contributed by atoms with van der Waals surface area (Å²) in [6.45, 7) is 4.50. The Morgan fingerprint density at radius 1 is 1.09 bits per heavy atom. The number of likely N-dealkylation sites (tertiary alicyclic amines) is 1. The van der Waals surface area contributed by atoms with Crippen LogP contribution in [0.4, 0.5) is 0 Å². The maximum absolute atomic E-state index is 11.6. The lowest BCUT2D eigenvalue weighted by molar-refractivity contribution is -0.121. The van der Waals surface area contributed by atoms with E-state index in [1.54, 1.807) is 0 Å². The van der Waals surface area contributed by atoms with E-state index in [1.165, 1.54) is 0 Å². The molecule has 1 amide bonds. The zero-order valence-electron chi connectivity index (χ0n) is 13.5. The summed E-state index contributed by atoms with van der Waals surface area (Å²) < 4.78 is 0. The van der Waals surface area contributed by atoms with Crippen LogP contribution < -0.4 is 11.1 Å². The average molecular weight is 358 g/mol. The molecule has 0 bridgehead atoms. The number of nitrogens with one attached hydrogen (secondary N) is 1. The van der Waals surface area contributed by atoms with Gasteiger partial charge in [0.1, 0.15) is 0 Å². The Balaban J connectivity index is 0. The zero-order valence-corrected chi connectivity index (χ0v) is 15.1. The lowest BCUT2D eigenvalue weighted by atomic mass is 10.1. The van der Waals surface area contributed by atoms with Gasteiger partial charge in [0.05, 0.1) is 6.10 Å². The molecule has 1 heterocycles. The summed E-state index contributed by atoms with van der Waals surface area (Å²) in [6.07, 6.45) is 7.55. The Morgan fingerprint density at radius 2 is 1.73 bits per heavy atom. The summed E-state index contributed by atoms with van der Waals surface area (Å²) in [4.78, 5) is 14.0. The Kier molecular flexibility index (Phi) is 17.4. The van der Waals surface area contributed by atoms with Crippen LogP contribution in [0.5, 0.6) is 0 Å². The highest BCUT2D eigenvalue weighted by atomic mass is 35.5. The van der Waals surface area contributed by atoms with Crippen LogP contribution >= 0.6 is 24.8 Å². The smallest absolute Gasteiger partial charge is 0.219 e. The molecule has 0 unspecified atom stereocenters. The van der Waals surface area contributed by atoms with Gasteiger partial charge in [0.25, 0.3) is 0 Å². The van der Waals surface area contributed by atoms with Crippen LogP contribution in [0.2, 0.25) is 0 Å². The van der Waals surface area contributed by atoms with Gasteiger partial charge in [0.15, 0.2) is 0 Å². The largest absolute Gasteiger partial charge is 0.393 e. The molecular formula is C15H33Cl2N3O2. The van der Waals surface area contributed by atoms with E-state index in [0.717, 1.165) is 77.7 Å². The van der Waals surface area contributed by atoms with Crippen LogP contribution in [0, 0.1) is 0 Å². The van der Waals surface area contributed by atoms with Crippen LogP contribution in [-0.4, -0.2) is 54.7 Å². The number of nitrogens with zero attached hydrogens (tertiary/aromatic N) is 1. The molecule has 0 radical (unpaired) electrons. The molecule has 0 aromatic carbocycles. The summed E-state index contributed by atoms with van der Waals surface area (Å²) in [5.74, 6) is 0.173. The van der Waals surface area contributed by atoms with E-state index >= 15 is 0 Å². The van der Waals surface area contributed by atoms with Crippen molar-refractivity contribution < 1.29 is 9.90 Å². The molecule has 0 atom stereocenters. The molecule has 0 spiro atoms. The van der Waals surface area contributed by atoms with Crippen molar-refractivity contribution in [1.29, 1.82) is 0 Å². The first-order chi connectivity index (χ1) is 9.72. The monoisotopic (exact) mass is 357 g/mol. The molecule has 1 aliphatic rings. The second-order valence-electron chi connectivity index (χ2n) is 5.73. The van der Waals surface area contributed by atoms with E-state index in [0.29, 0.717) is 6.42 Å². The predicted molar refractivity (Wildman–Crippen MR) is 95.9 cm³/mol. The fraction of sp³-hybridized carbons (Fsp3) is 0.933. The Hall–Kier alpha value is -0.0700. The van der Waals surface area contributed by atoms with Crippen molar-refractivity contribution in [3.8, 4) is 0 Å². The molecule has 1 saturated heterocycles. The summed E-state index contributed by atoms with van der Waals surface area (Å²) in [5, 5.41) is 12.4. The maximum atomic E-state index is 11.6. The quantitative estimate of drug-likeness (QED) is 0.520. The van der Waals surface area contributed by atoms with E-state index in [-0.39, 0.29) is 36.8 Å². The van der Waals surface area contributed by atoms with Gasteiger partial charge in [-0.2, -0.15) is 0 Å². The number of aliphatic hydroxyl groups excluding tert-OH is 1. The van der Waals surface area contributed by atoms with Crippen molar-refractivity contribution in [3.05, 3.63) is 0 Å². The number of carbonyl (C=O) groups excluding carboxylic acids is 1. The van der Waals surface area contributed by atoms with E-state index in [2.05, 4.69) is 10.2 Å². The first-order valence-electron chi connectivity index (χ1n) is 8.09. The molecular weight excluding hydrogens is 325 g/mol. The van der Waals surface area contributed by atoms with Crippen molar-refractivity contribution in [3.63, 3.8) is 0 Å². The number of nitrogens with two attached hydrogens (primary N) is 1. The number of hydrogen-bond donors (Lipinski definition) is 3.